The molecule has 0 bridgehead atoms. The molecule has 0 atom stereocenters. The van der Waals surface area contributed by atoms with Gasteiger partial charge in [-0.25, -0.2) is 18.1 Å². The van der Waals surface area contributed by atoms with Gasteiger partial charge >= 0.3 is 0 Å². The first-order chi connectivity index (χ1) is 12.9. The number of carbonyl (C=O) groups excluding carboxylic acids is 1. The van der Waals surface area contributed by atoms with Crippen molar-refractivity contribution in [1.82, 2.24) is 9.71 Å². The lowest BCUT2D eigenvalue weighted by Gasteiger charge is -2.09. The standard InChI is InChI=1S/C20H18N2O4S/c1-15(23)17-8-10-19(11-9-17)27(24,25)22-14-16-5-4-6-18(13-16)26-20-7-2-3-12-21-20/h2-13,22H,14H2,1H3. The molecule has 0 radical (unpaired) electrons. The Morgan fingerprint density at radius 3 is 2.48 bits per heavy atom. The summed E-state index contributed by atoms with van der Waals surface area (Å²) < 4.78 is 33.0. The average Bonchev–Trinajstić information content (AvgIpc) is 2.68. The highest BCUT2D eigenvalue weighted by Crippen LogP contribution is 2.20. The maximum Gasteiger partial charge on any atom is 0.240 e. The zero-order valence-electron chi connectivity index (χ0n) is 14.6. The molecule has 2 aromatic carbocycles. The van der Waals surface area contributed by atoms with E-state index in [0.29, 0.717) is 17.2 Å². The molecule has 0 aliphatic carbocycles. The van der Waals surface area contributed by atoms with Crippen molar-refractivity contribution >= 4 is 15.8 Å². The Morgan fingerprint density at radius 2 is 1.81 bits per heavy atom. The SMILES string of the molecule is CC(=O)c1ccc(S(=O)(=O)NCc2cccc(Oc3ccccn3)c2)cc1. The molecule has 6 nitrogen and oxygen atoms in total. The van der Waals surface area contributed by atoms with Gasteiger partial charge in [-0.05, 0) is 42.8 Å². The van der Waals surface area contributed by atoms with E-state index >= 15 is 0 Å². The Labute approximate surface area is 157 Å². The van der Waals surface area contributed by atoms with Crippen LogP contribution < -0.4 is 9.46 Å². The maximum absolute atomic E-state index is 12.4. The van der Waals surface area contributed by atoms with Crippen molar-refractivity contribution in [2.75, 3.05) is 0 Å². The van der Waals surface area contributed by atoms with Crippen LogP contribution >= 0.6 is 0 Å². The molecule has 27 heavy (non-hydrogen) atoms. The number of rotatable bonds is 7. The highest BCUT2D eigenvalue weighted by Gasteiger charge is 2.14. The fraction of sp³-hybridized carbons (Fsp3) is 0.100. The number of aromatic nitrogens is 1. The van der Waals surface area contributed by atoms with Crippen LogP contribution in [0, 0.1) is 0 Å². The second-order valence-corrected chi connectivity index (χ2v) is 7.59. The third-order valence-corrected chi connectivity index (χ3v) is 5.21. The molecule has 3 aromatic rings. The summed E-state index contributed by atoms with van der Waals surface area (Å²) in [4.78, 5) is 15.5. The van der Waals surface area contributed by atoms with Crippen LogP contribution in [0.4, 0.5) is 0 Å². The van der Waals surface area contributed by atoms with Crippen LogP contribution in [0.15, 0.2) is 77.8 Å². The number of ether oxygens (including phenoxy) is 1. The number of hydrogen-bond donors (Lipinski definition) is 1. The van der Waals surface area contributed by atoms with Gasteiger partial charge in [0, 0.05) is 24.4 Å². The summed E-state index contributed by atoms with van der Waals surface area (Å²) in [5, 5.41) is 0. The number of hydrogen-bond acceptors (Lipinski definition) is 5. The van der Waals surface area contributed by atoms with Gasteiger partial charge in [0.1, 0.15) is 5.75 Å². The van der Waals surface area contributed by atoms with E-state index in [0.717, 1.165) is 5.56 Å². The molecule has 0 aliphatic heterocycles. The highest BCUT2D eigenvalue weighted by atomic mass is 32.2. The van der Waals surface area contributed by atoms with E-state index in [1.54, 1.807) is 42.6 Å². The molecule has 7 heteroatoms. The van der Waals surface area contributed by atoms with E-state index in [4.69, 9.17) is 4.74 Å². The summed E-state index contributed by atoms with van der Waals surface area (Å²) in [5.41, 5.74) is 1.21. The van der Waals surface area contributed by atoms with Gasteiger partial charge in [-0.3, -0.25) is 4.79 Å². The molecule has 1 aromatic heterocycles. The van der Waals surface area contributed by atoms with Crippen LogP contribution in [0.25, 0.3) is 0 Å². The van der Waals surface area contributed by atoms with Crippen LogP contribution in [-0.2, 0) is 16.6 Å². The third kappa shape index (κ3) is 4.99. The van der Waals surface area contributed by atoms with Crippen LogP contribution in [0.3, 0.4) is 0 Å². The van der Waals surface area contributed by atoms with Gasteiger partial charge < -0.3 is 4.74 Å². The molecule has 0 fully saturated rings. The first-order valence-electron chi connectivity index (χ1n) is 8.22. The summed E-state index contributed by atoms with van der Waals surface area (Å²) in [6.45, 7) is 1.54. The second kappa shape index (κ2) is 8.11. The highest BCUT2D eigenvalue weighted by molar-refractivity contribution is 7.89. The van der Waals surface area contributed by atoms with E-state index in [9.17, 15) is 13.2 Å². The van der Waals surface area contributed by atoms with E-state index in [1.165, 1.54) is 31.2 Å². The molecule has 0 spiro atoms. The van der Waals surface area contributed by atoms with Crippen molar-refractivity contribution in [3.63, 3.8) is 0 Å². The molecule has 0 saturated heterocycles. The monoisotopic (exact) mass is 382 g/mol. The molecule has 0 unspecified atom stereocenters. The van der Waals surface area contributed by atoms with Crippen LogP contribution in [0.1, 0.15) is 22.8 Å². The number of sulfonamides is 1. The number of nitrogens with one attached hydrogen (secondary N) is 1. The van der Waals surface area contributed by atoms with Gasteiger partial charge in [0.05, 0.1) is 4.90 Å². The van der Waals surface area contributed by atoms with Gasteiger partial charge in [0.15, 0.2) is 5.78 Å². The Morgan fingerprint density at radius 1 is 1.04 bits per heavy atom. The molecular weight excluding hydrogens is 364 g/mol. The summed E-state index contributed by atoms with van der Waals surface area (Å²) in [5.74, 6) is 0.911. The number of nitrogens with zero attached hydrogens (tertiary/aromatic N) is 1. The zero-order chi connectivity index (χ0) is 19.3. The molecule has 3 rings (SSSR count). The largest absolute Gasteiger partial charge is 0.439 e. The quantitative estimate of drug-likeness (QED) is 0.632. The number of carbonyl (C=O) groups is 1. The Balaban J connectivity index is 1.68. The fourth-order valence-electron chi connectivity index (χ4n) is 2.38. The van der Waals surface area contributed by atoms with Gasteiger partial charge in [0.25, 0.3) is 0 Å². The summed E-state index contributed by atoms with van der Waals surface area (Å²) >= 11 is 0. The van der Waals surface area contributed by atoms with Crippen LogP contribution in [-0.4, -0.2) is 19.2 Å². The lowest BCUT2D eigenvalue weighted by atomic mass is 10.2. The molecule has 1 N–H and O–H groups in total. The van der Waals surface area contributed by atoms with Crippen molar-refractivity contribution in [1.29, 1.82) is 0 Å². The lowest BCUT2D eigenvalue weighted by Crippen LogP contribution is -2.23. The predicted molar refractivity (Wildman–Crippen MR) is 101 cm³/mol. The molecule has 0 saturated carbocycles. The first-order valence-corrected chi connectivity index (χ1v) is 9.71. The van der Waals surface area contributed by atoms with Crippen LogP contribution in [0.5, 0.6) is 11.6 Å². The predicted octanol–water partition coefficient (Wildman–Crippen LogP) is 3.56. The summed E-state index contributed by atoms with van der Waals surface area (Å²) in [6.07, 6.45) is 1.63. The van der Waals surface area contributed by atoms with Crippen molar-refractivity contribution in [2.24, 2.45) is 0 Å². The molecule has 0 aliphatic rings. The molecular formula is C20H18N2O4S. The van der Waals surface area contributed by atoms with Crippen molar-refractivity contribution in [3.05, 3.63) is 84.1 Å². The minimum atomic E-state index is -3.69. The van der Waals surface area contributed by atoms with Gasteiger partial charge in [0.2, 0.25) is 15.9 Å². The van der Waals surface area contributed by atoms with Crippen molar-refractivity contribution < 1.29 is 17.9 Å². The van der Waals surface area contributed by atoms with Crippen LogP contribution in [0.2, 0.25) is 0 Å². The minimum absolute atomic E-state index is 0.105. The topological polar surface area (TPSA) is 85.4 Å². The lowest BCUT2D eigenvalue weighted by molar-refractivity contribution is 0.101. The fourth-order valence-corrected chi connectivity index (χ4v) is 3.40. The zero-order valence-corrected chi connectivity index (χ0v) is 15.4. The molecule has 1 heterocycles. The minimum Gasteiger partial charge on any atom is -0.439 e. The average molecular weight is 382 g/mol. The van der Waals surface area contributed by atoms with Gasteiger partial charge in [-0.15, -0.1) is 0 Å². The number of Topliss-reactive ketones (excluding diaryl/α,β-unsaturated/α-hetero) is 1. The first kappa shape index (κ1) is 18.8. The second-order valence-electron chi connectivity index (χ2n) is 5.82. The van der Waals surface area contributed by atoms with Crippen molar-refractivity contribution in [2.45, 2.75) is 18.4 Å². The van der Waals surface area contributed by atoms with E-state index < -0.39 is 10.0 Å². The van der Waals surface area contributed by atoms with E-state index in [-0.39, 0.29) is 17.2 Å². The Bertz CT molecular complexity index is 1030. The molecule has 0 amide bonds. The molecule has 138 valence electrons. The summed E-state index contributed by atoms with van der Waals surface area (Å²) in [6, 6.07) is 18.3. The van der Waals surface area contributed by atoms with Gasteiger partial charge in [-0.2, -0.15) is 0 Å². The van der Waals surface area contributed by atoms with E-state index in [2.05, 4.69) is 9.71 Å². The smallest absolute Gasteiger partial charge is 0.240 e. The Hall–Kier alpha value is -3.03. The number of ketones is 1. The third-order valence-electron chi connectivity index (χ3n) is 3.80. The number of benzene rings is 2. The number of pyridine rings is 1. The Kier molecular flexibility index (Phi) is 5.63. The maximum atomic E-state index is 12.4. The van der Waals surface area contributed by atoms with Gasteiger partial charge in [-0.1, -0.05) is 30.3 Å². The van der Waals surface area contributed by atoms with E-state index in [1.807, 2.05) is 6.07 Å². The normalized spacial score (nSPS) is 11.1. The summed E-state index contributed by atoms with van der Waals surface area (Å²) in [7, 11) is -3.69. The van der Waals surface area contributed by atoms with Crippen molar-refractivity contribution in [3.8, 4) is 11.6 Å².